The molecule has 0 spiro atoms. The zero-order chi connectivity index (χ0) is 17.1. The van der Waals surface area contributed by atoms with E-state index >= 15 is 0 Å². The van der Waals surface area contributed by atoms with Crippen LogP contribution < -0.4 is 5.32 Å². The van der Waals surface area contributed by atoms with E-state index in [4.69, 9.17) is 0 Å². The van der Waals surface area contributed by atoms with Gasteiger partial charge in [-0.25, -0.2) is 4.39 Å². The minimum Gasteiger partial charge on any atom is -0.345 e. The number of aromatic nitrogens is 2. The lowest BCUT2D eigenvalue weighted by atomic mass is 10.1. The number of amides is 1. The number of carbonyl (C=O) groups is 1. The predicted molar refractivity (Wildman–Crippen MR) is 94.0 cm³/mol. The van der Waals surface area contributed by atoms with Crippen molar-refractivity contribution >= 4 is 21.8 Å². The fourth-order valence-electron chi connectivity index (χ4n) is 2.47. The number of hydrogen-bond donors (Lipinski definition) is 2. The number of halogens is 2. The lowest BCUT2D eigenvalue weighted by molar-refractivity contribution is 0.0940. The van der Waals surface area contributed by atoms with Gasteiger partial charge in [0.1, 0.15) is 5.82 Å². The van der Waals surface area contributed by atoms with Crippen LogP contribution >= 0.6 is 15.9 Å². The molecule has 3 rings (SSSR count). The molecule has 0 aliphatic heterocycles. The summed E-state index contributed by atoms with van der Waals surface area (Å²) in [4.78, 5) is 12.6. The smallest absolute Gasteiger partial charge is 0.255 e. The number of carbonyl (C=O) groups excluding carboxylic acids is 1. The summed E-state index contributed by atoms with van der Waals surface area (Å²) in [5.74, 6) is -0.571. The van der Waals surface area contributed by atoms with Crippen molar-refractivity contribution in [1.29, 1.82) is 0 Å². The molecule has 24 heavy (non-hydrogen) atoms. The number of H-pyrrole nitrogens is 1. The summed E-state index contributed by atoms with van der Waals surface area (Å²) in [6.07, 6.45) is 1.47. The standard InChI is InChI=1S/C18H15BrFN3O/c1-11(14-4-2-3-5-16(14)19)22-18(24)15-10-21-23-17(15)12-6-8-13(20)9-7-12/h2-11H,1H3,(H,21,23)(H,22,24). The normalized spacial score (nSPS) is 12.0. The Morgan fingerprint density at radius 2 is 1.92 bits per heavy atom. The maximum Gasteiger partial charge on any atom is 0.255 e. The van der Waals surface area contributed by atoms with Crippen LogP contribution in [-0.2, 0) is 0 Å². The van der Waals surface area contributed by atoms with E-state index in [-0.39, 0.29) is 17.8 Å². The van der Waals surface area contributed by atoms with Gasteiger partial charge in [0, 0.05) is 10.0 Å². The van der Waals surface area contributed by atoms with Gasteiger partial charge in [0.05, 0.1) is 23.5 Å². The van der Waals surface area contributed by atoms with E-state index < -0.39 is 0 Å². The van der Waals surface area contributed by atoms with Crippen LogP contribution in [0, 0.1) is 5.82 Å². The molecular weight excluding hydrogens is 373 g/mol. The van der Waals surface area contributed by atoms with Crippen molar-refractivity contribution in [1.82, 2.24) is 15.5 Å². The number of nitrogens with one attached hydrogen (secondary N) is 2. The summed E-state index contributed by atoms with van der Waals surface area (Å²) in [6.45, 7) is 1.91. The zero-order valence-corrected chi connectivity index (χ0v) is 14.5. The number of hydrogen-bond acceptors (Lipinski definition) is 2. The van der Waals surface area contributed by atoms with Crippen molar-refractivity contribution in [2.45, 2.75) is 13.0 Å². The SMILES string of the molecule is CC(NC(=O)c1cn[nH]c1-c1ccc(F)cc1)c1ccccc1Br. The van der Waals surface area contributed by atoms with Gasteiger partial charge in [-0.05, 0) is 42.8 Å². The third kappa shape index (κ3) is 3.38. The number of rotatable bonds is 4. The topological polar surface area (TPSA) is 57.8 Å². The Labute approximate surface area is 147 Å². The Balaban J connectivity index is 1.83. The zero-order valence-electron chi connectivity index (χ0n) is 12.9. The van der Waals surface area contributed by atoms with Crippen LogP contribution in [-0.4, -0.2) is 16.1 Å². The third-order valence-electron chi connectivity index (χ3n) is 3.74. The number of benzene rings is 2. The first-order valence-corrected chi connectivity index (χ1v) is 8.20. The van der Waals surface area contributed by atoms with Gasteiger partial charge >= 0.3 is 0 Å². The molecule has 1 unspecified atom stereocenters. The van der Waals surface area contributed by atoms with E-state index in [1.807, 2.05) is 31.2 Å². The molecule has 122 valence electrons. The van der Waals surface area contributed by atoms with Crippen LogP contribution in [0.4, 0.5) is 4.39 Å². The molecular formula is C18H15BrFN3O. The highest BCUT2D eigenvalue weighted by molar-refractivity contribution is 9.10. The molecule has 1 heterocycles. The van der Waals surface area contributed by atoms with E-state index in [0.29, 0.717) is 16.8 Å². The number of aromatic amines is 1. The van der Waals surface area contributed by atoms with Crippen molar-refractivity contribution < 1.29 is 9.18 Å². The summed E-state index contributed by atoms with van der Waals surface area (Å²) in [7, 11) is 0. The summed E-state index contributed by atoms with van der Waals surface area (Å²) in [5.41, 5.74) is 2.66. The molecule has 0 radical (unpaired) electrons. The predicted octanol–water partition coefficient (Wildman–Crippen LogP) is 4.47. The molecule has 4 nitrogen and oxygen atoms in total. The minimum atomic E-state index is -0.327. The molecule has 1 atom stereocenters. The summed E-state index contributed by atoms with van der Waals surface area (Å²) in [5, 5.41) is 9.71. The molecule has 0 aliphatic carbocycles. The Bertz CT molecular complexity index is 861. The maximum atomic E-state index is 13.1. The Morgan fingerprint density at radius 1 is 1.21 bits per heavy atom. The quantitative estimate of drug-likeness (QED) is 0.693. The Hall–Kier alpha value is -2.47. The van der Waals surface area contributed by atoms with Crippen LogP contribution in [0.2, 0.25) is 0 Å². The van der Waals surface area contributed by atoms with Gasteiger partial charge in [-0.2, -0.15) is 5.10 Å². The van der Waals surface area contributed by atoms with Crippen molar-refractivity contribution in [3.63, 3.8) is 0 Å². The van der Waals surface area contributed by atoms with Crippen molar-refractivity contribution in [3.8, 4) is 11.3 Å². The average Bonchev–Trinajstić information content (AvgIpc) is 3.05. The molecule has 2 N–H and O–H groups in total. The van der Waals surface area contributed by atoms with Gasteiger partial charge in [0.25, 0.3) is 5.91 Å². The lowest BCUT2D eigenvalue weighted by Crippen LogP contribution is -2.27. The second-order valence-electron chi connectivity index (χ2n) is 5.38. The van der Waals surface area contributed by atoms with Gasteiger partial charge < -0.3 is 5.32 Å². The molecule has 1 amide bonds. The monoisotopic (exact) mass is 387 g/mol. The molecule has 6 heteroatoms. The highest BCUT2D eigenvalue weighted by Crippen LogP contribution is 2.25. The molecule has 1 aromatic heterocycles. The van der Waals surface area contributed by atoms with Crippen LogP contribution in [0.25, 0.3) is 11.3 Å². The highest BCUT2D eigenvalue weighted by Gasteiger charge is 2.18. The third-order valence-corrected chi connectivity index (χ3v) is 4.46. The molecule has 0 saturated heterocycles. The second-order valence-corrected chi connectivity index (χ2v) is 6.24. The van der Waals surface area contributed by atoms with Crippen LogP contribution in [0.1, 0.15) is 28.9 Å². The minimum absolute atomic E-state index is 0.177. The van der Waals surface area contributed by atoms with E-state index in [1.54, 1.807) is 12.1 Å². The first kappa shape index (κ1) is 16.4. The van der Waals surface area contributed by atoms with Crippen LogP contribution in [0.3, 0.4) is 0 Å². The fraction of sp³-hybridized carbons (Fsp3) is 0.111. The molecule has 2 aromatic carbocycles. The first-order valence-electron chi connectivity index (χ1n) is 7.41. The van der Waals surface area contributed by atoms with Crippen molar-refractivity contribution in [2.24, 2.45) is 0 Å². The molecule has 0 bridgehead atoms. The lowest BCUT2D eigenvalue weighted by Gasteiger charge is -2.16. The highest BCUT2D eigenvalue weighted by atomic mass is 79.9. The van der Waals surface area contributed by atoms with Gasteiger partial charge in [0.15, 0.2) is 0 Å². The van der Waals surface area contributed by atoms with Crippen molar-refractivity contribution in [3.05, 3.63) is 76.1 Å². The largest absolute Gasteiger partial charge is 0.345 e. The average molecular weight is 388 g/mol. The summed E-state index contributed by atoms with van der Waals surface area (Å²) in [6, 6.07) is 13.5. The molecule has 0 fully saturated rings. The summed E-state index contributed by atoms with van der Waals surface area (Å²) >= 11 is 3.49. The second kappa shape index (κ2) is 6.97. The first-order chi connectivity index (χ1) is 11.6. The molecule has 0 saturated carbocycles. The van der Waals surface area contributed by atoms with Crippen LogP contribution in [0.15, 0.2) is 59.2 Å². The van der Waals surface area contributed by atoms with E-state index in [2.05, 4.69) is 31.4 Å². The fourth-order valence-corrected chi connectivity index (χ4v) is 3.10. The number of nitrogens with zero attached hydrogens (tertiary/aromatic N) is 1. The molecule has 0 aliphatic rings. The Kier molecular flexibility index (Phi) is 4.76. The maximum absolute atomic E-state index is 13.1. The van der Waals surface area contributed by atoms with E-state index in [1.165, 1.54) is 18.3 Å². The van der Waals surface area contributed by atoms with Gasteiger partial charge in [0.2, 0.25) is 0 Å². The van der Waals surface area contributed by atoms with Gasteiger partial charge in [-0.1, -0.05) is 34.1 Å². The van der Waals surface area contributed by atoms with Crippen LogP contribution in [0.5, 0.6) is 0 Å². The summed E-state index contributed by atoms with van der Waals surface area (Å²) < 4.78 is 14.0. The molecule has 3 aromatic rings. The van der Waals surface area contributed by atoms with E-state index in [0.717, 1.165) is 10.0 Å². The van der Waals surface area contributed by atoms with Gasteiger partial charge in [-0.3, -0.25) is 9.89 Å². The van der Waals surface area contributed by atoms with E-state index in [9.17, 15) is 9.18 Å². The van der Waals surface area contributed by atoms with Crippen molar-refractivity contribution in [2.75, 3.05) is 0 Å². The van der Waals surface area contributed by atoms with Gasteiger partial charge in [-0.15, -0.1) is 0 Å². The Morgan fingerprint density at radius 3 is 2.62 bits per heavy atom.